The van der Waals surface area contributed by atoms with E-state index in [1.54, 1.807) is 0 Å². The van der Waals surface area contributed by atoms with Crippen LogP contribution < -0.4 is 5.73 Å². The van der Waals surface area contributed by atoms with E-state index in [0.717, 1.165) is 6.42 Å². The van der Waals surface area contributed by atoms with Gasteiger partial charge in [0.15, 0.2) is 0 Å². The minimum absolute atomic E-state index is 0.218. The molecule has 3 N–H and O–H groups in total. The Morgan fingerprint density at radius 1 is 1.31 bits per heavy atom. The lowest BCUT2D eigenvalue weighted by atomic mass is 10.0. The average Bonchev–Trinajstić information content (AvgIpc) is 3.13. The molecule has 0 spiro atoms. The van der Waals surface area contributed by atoms with Crippen molar-refractivity contribution < 1.29 is 4.79 Å². The number of nitrogens with one attached hydrogen (secondary N) is 1. The summed E-state index contributed by atoms with van der Waals surface area (Å²) in [5.74, 6) is 1.10. The topological polar surface area (TPSA) is 71.8 Å². The fourth-order valence-corrected chi connectivity index (χ4v) is 2.31. The Morgan fingerprint density at radius 2 is 2.00 bits per heavy atom. The first-order chi connectivity index (χ1) is 7.75. The Bertz CT molecular complexity index is 386. The van der Waals surface area contributed by atoms with Gasteiger partial charge < -0.3 is 5.73 Å². The maximum atomic E-state index is 10.9. The zero-order valence-corrected chi connectivity index (χ0v) is 9.33. The van der Waals surface area contributed by atoms with Crippen molar-refractivity contribution in [2.75, 3.05) is 0 Å². The fourth-order valence-electron chi connectivity index (χ4n) is 2.31. The molecule has 16 heavy (non-hydrogen) atoms. The molecule has 2 saturated carbocycles. The van der Waals surface area contributed by atoms with Crippen molar-refractivity contribution in [3.05, 3.63) is 17.0 Å². The van der Waals surface area contributed by atoms with Crippen molar-refractivity contribution in [1.29, 1.82) is 0 Å². The van der Waals surface area contributed by atoms with E-state index >= 15 is 0 Å². The van der Waals surface area contributed by atoms with Gasteiger partial charge in [-0.05, 0) is 37.7 Å². The van der Waals surface area contributed by atoms with Crippen molar-refractivity contribution in [3.63, 3.8) is 0 Å². The molecule has 0 aliphatic heterocycles. The van der Waals surface area contributed by atoms with Crippen LogP contribution in [0.3, 0.4) is 0 Å². The van der Waals surface area contributed by atoms with E-state index in [0.29, 0.717) is 18.3 Å². The maximum absolute atomic E-state index is 10.9. The van der Waals surface area contributed by atoms with E-state index in [-0.39, 0.29) is 5.91 Å². The first kappa shape index (κ1) is 9.87. The highest BCUT2D eigenvalue weighted by atomic mass is 16.1. The quantitative estimate of drug-likeness (QED) is 0.789. The highest BCUT2D eigenvalue weighted by Gasteiger charge is 2.34. The molecule has 1 amide bonds. The van der Waals surface area contributed by atoms with Crippen LogP contribution in [0.1, 0.15) is 60.9 Å². The number of primary amides is 1. The molecule has 0 unspecified atom stereocenters. The lowest BCUT2D eigenvalue weighted by Crippen LogP contribution is -2.12. The van der Waals surface area contributed by atoms with Gasteiger partial charge in [0.2, 0.25) is 5.91 Å². The first-order valence-corrected chi connectivity index (χ1v) is 6.11. The van der Waals surface area contributed by atoms with Gasteiger partial charge in [0.05, 0.1) is 5.69 Å². The van der Waals surface area contributed by atoms with Gasteiger partial charge in [-0.15, -0.1) is 0 Å². The summed E-state index contributed by atoms with van der Waals surface area (Å²) < 4.78 is 0. The molecule has 2 fully saturated rings. The van der Waals surface area contributed by atoms with Gasteiger partial charge in [0.1, 0.15) is 0 Å². The number of carbonyl (C=O) groups is 1. The number of hydrogen-bond donors (Lipinski definition) is 2. The Balaban J connectivity index is 1.84. The van der Waals surface area contributed by atoms with E-state index in [4.69, 9.17) is 5.73 Å². The molecule has 0 atom stereocenters. The molecule has 0 bridgehead atoms. The lowest BCUT2D eigenvalue weighted by Gasteiger charge is -2.03. The number of amides is 1. The highest BCUT2D eigenvalue weighted by molar-refractivity contribution is 5.74. The number of carbonyl (C=O) groups excluding carboxylic acids is 1. The molecule has 86 valence electrons. The van der Waals surface area contributed by atoms with Gasteiger partial charge in [-0.2, -0.15) is 5.10 Å². The number of aromatic amines is 1. The third-order valence-corrected chi connectivity index (χ3v) is 3.50. The van der Waals surface area contributed by atoms with Crippen LogP contribution in [0.15, 0.2) is 0 Å². The molecule has 2 aliphatic rings. The van der Waals surface area contributed by atoms with Crippen molar-refractivity contribution in [2.45, 2.75) is 50.4 Å². The summed E-state index contributed by atoms with van der Waals surface area (Å²) in [6.45, 7) is 0. The summed E-state index contributed by atoms with van der Waals surface area (Å²) in [7, 11) is 0. The van der Waals surface area contributed by atoms with Gasteiger partial charge in [-0.3, -0.25) is 9.89 Å². The molecule has 1 heterocycles. The second-order valence-corrected chi connectivity index (χ2v) is 5.02. The number of aromatic nitrogens is 2. The Labute approximate surface area is 94.6 Å². The first-order valence-electron chi connectivity index (χ1n) is 6.11. The number of H-pyrrole nitrogens is 1. The summed E-state index contributed by atoms with van der Waals surface area (Å²) in [5.41, 5.74) is 9.01. The molecule has 0 aromatic carbocycles. The third-order valence-electron chi connectivity index (χ3n) is 3.50. The average molecular weight is 219 g/mol. The summed E-state index contributed by atoms with van der Waals surface area (Å²) in [4.78, 5) is 10.9. The molecular weight excluding hydrogens is 202 g/mol. The lowest BCUT2D eigenvalue weighted by molar-refractivity contribution is -0.117. The van der Waals surface area contributed by atoms with E-state index < -0.39 is 0 Å². The second-order valence-electron chi connectivity index (χ2n) is 5.02. The zero-order valence-electron chi connectivity index (χ0n) is 9.33. The molecule has 3 rings (SSSR count). The maximum Gasteiger partial charge on any atom is 0.217 e. The van der Waals surface area contributed by atoms with Crippen molar-refractivity contribution in [2.24, 2.45) is 5.73 Å². The number of rotatable bonds is 5. The Kier molecular flexibility index (Phi) is 2.23. The standard InChI is InChI=1S/C12H17N3O/c13-10(16)6-5-9-11(7-1-2-7)14-15-12(9)8-3-4-8/h7-8H,1-6H2,(H2,13,16)(H,14,15). The van der Waals surface area contributed by atoms with Crippen molar-refractivity contribution in [3.8, 4) is 0 Å². The molecule has 0 saturated heterocycles. The van der Waals surface area contributed by atoms with Crippen LogP contribution in [0.4, 0.5) is 0 Å². The minimum atomic E-state index is -0.218. The van der Waals surface area contributed by atoms with E-state index in [2.05, 4.69) is 10.2 Å². The summed E-state index contributed by atoms with van der Waals surface area (Å²) in [6, 6.07) is 0. The fraction of sp³-hybridized carbons (Fsp3) is 0.667. The summed E-state index contributed by atoms with van der Waals surface area (Å²) in [5, 5.41) is 7.62. The highest BCUT2D eigenvalue weighted by Crippen LogP contribution is 2.46. The predicted octanol–water partition coefficient (Wildman–Crippen LogP) is 1.58. The molecule has 4 heteroatoms. The molecule has 0 radical (unpaired) electrons. The third kappa shape index (κ3) is 1.84. The molecule has 1 aromatic heterocycles. The van der Waals surface area contributed by atoms with Crippen molar-refractivity contribution in [1.82, 2.24) is 10.2 Å². The second kappa shape index (κ2) is 3.61. The smallest absolute Gasteiger partial charge is 0.217 e. The van der Waals surface area contributed by atoms with Crippen LogP contribution in [0.25, 0.3) is 0 Å². The van der Waals surface area contributed by atoms with Gasteiger partial charge in [-0.25, -0.2) is 0 Å². The SMILES string of the molecule is NC(=O)CCc1c(C2CC2)n[nH]c1C1CC1. The Hall–Kier alpha value is -1.32. The monoisotopic (exact) mass is 219 g/mol. The van der Waals surface area contributed by atoms with Crippen LogP contribution in [-0.2, 0) is 11.2 Å². The summed E-state index contributed by atoms with van der Waals surface area (Å²) in [6.07, 6.45) is 6.23. The molecule has 2 aliphatic carbocycles. The number of nitrogens with two attached hydrogens (primary N) is 1. The predicted molar refractivity (Wildman–Crippen MR) is 60.1 cm³/mol. The van der Waals surface area contributed by atoms with Gasteiger partial charge >= 0.3 is 0 Å². The van der Waals surface area contributed by atoms with E-state index in [1.165, 1.54) is 42.6 Å². The van der Waals surface area contributed by atoms with Crippen LogP contribution in [0, 0.1) is 0 Å². The molecule has 4 nitrogen and oxygen atoms in total. The van der Waals surface area contributed by atoms with E-state index in [1.807, 2.05) is 0 Å². The normalized spacial score (nSPS) is 20.0. The minimum Gasteiger partial charge on any atom is -0.370 e. The van der Waals surface area contributed by atoms with Crippen LogP contribution >= 0.6 is 0 Å². The molecular formula is C12H17N3O. The number of hydrogen-bond acceptors (Lipinski definition) is 2. The largest absolute Gasteiger partial charge is 0.370 e. The van der Waals surface area contributed by atoms with Gasteiger partial charge in [0.25, 0.3) is 0 Å². The van der Waals surface area contributed by atoms with Crippen LogP contribution in [0.2, 0.25) is 0 Å². The van der Waals surface area contributed by atoms with E-state index in [9.17, 15) is 4.79 Å². The zero-order chi connectivity index (χ0) is 11.1. The number of nitrogens with zero attached hydrogens (tertiary/aromatic N) is 1. The van der Waals surface area contributed by atoms with Crippen LogP contribution in [0.5, 0.6) is 0 Å². The van der Waals surface area contributed by atoms with Gasteiger partial charge in [-0.1, -0.05) is 0 Å². The summed E-state index contributed by atoms with van der Waals surface area (Å²) >= 11 is 0. The molecule has 1 aromatic rings. The van der Waals surface area contributed by atoms with Crippen LogP contribution in [-0.4, -0.2) is 16.1 Å². The van der Waals surface area contributed by atoms with Crippen molar-refractivity contribution >= 4 is 5.91 Å². The Morgan fingerprint density at radius 3 is 2.56 bits per heavy atom. The van der Waals surface area contributed by atoms with Gasteiger partial charge in [0, 0.05) is 24.0 Å².